The highest BCUT2D eigenvalue weighted by molar-refractivity contribution is 9.10. The molecule has 0 aliphatic carbocycles. The molecule has 0 N–H and O–H groups in total. The van der Waals surface area contributed by atoms with Crippen LogP contribution in [0.15, 0.2) is 28.7 Å². The molecular formula is C14H16BrNO2. The first-order valence-electron chi connectivity index (χ1n) is 6.23. The summed E-state index contributed by atoms with van der Waals surface area (Å²) in [7, 11) is 0. The van der Waals surface area contributed by atoms with Crippen LogP contribution in [0.1, 0.15) is 26.2 Å². The van der Waals surface area contributed by atoms with Gasteiger partial charge in [-0.1, -0.05) is 28.9 Å². The minimum absolute atomic E-state index is 0.0498. The molecule has 0 aromatic heterocycles. The molecule has 18 heavy (non-hydrogen) atoms. The first kappa shape index (κ1) is 13.3. The lowest BCUT2D eigenvalue weighted by Crippen LogP contribution is -2.44. The molecule has 1 saturated heterocycles. The lowest BCUT2D eigenvalue weighted by atomic mass is 9.91. The molecule has 4 heteroatoms. The summed E-state index contributed by atoms with van der Waals surface area (Å²) in [5.41, 5.74) is 0.864. The van der Waals surface area contributed by atoms with E-state index in [2.05, 4.69) is 15.9 Å². The fourth-order valence-corrected chi connectivity index (χ4v) is 2.71. The summed E-state index contributed by atoms with van der Waals surface area (Å²) in [4.78, 5) is 25.8. The smallest absolute Gasteiger partial charge is 0.237 e. The monoisotopic (exact) mass is 309 g/mol. The van der Waals surface area contributed by atoms with Crippen molar-refractivity contribution in [3.8, 4) is 0 Å². The van der Waals surface area contributed by atoms with E-state index in [4.69, 9.17) is 0 Å². The number of carbonyl (C=O) groups excluding carboxylic acids is 2. The molecule has 1 atom stereocenters. The number of hydrogen-bond donors (Lipinski definition) is 0. The zero-order valence-electron chi connectivity index (χ0n) is 10.4. The van der Waals surface area contributed by atoms with Crippen molar-refractivity contribution in [3.63, 3.8) is 0 Å². The van der Waals surface area contributed by atoms with Gasteiger partial charge in [0.1, 0.15) is 5.78 Å². The van der Waals surface area contributed by atoms with Gasteiger partial charge in [-0.2, -0.15) is 0 Å². The second-order valence-corrected chi connectivity index (χ2v) is 5.40. The Bertz CT molecular complexity index is 473. The van der Waals surface area contributed by atoms with Crippen LogP contribution in [-0.4, -0.2) is 18.2 Å². The molecule has 1 aromatic rings. The SMILES string of the molecule is CCC(=O)C1CCCN(c2cccc(Br)c2)C1=O. The fraction of sp³-hybridized carbons (Fsp3) is 0.429. The summed E-state index contributed by atoms with van der Waals surface area (Å²) < 4.78 is 0.941. The molecular weight excluding hydrogens is 294 g/mol. The van der Waals surface area contributed by atoms with Crippen molar-refractivity contribution in [1.82, 2.24) is 0 Å². The second kappa shape index (κ2) is 5.65. The number of benzene rings is 1. The molecule has 1 fully saturated rings. The molecule has 1 amide bonds. The van der Waals surface area contributed by atoms with Gasteiger partial charge in [-0.3, -0.25) is 9.59 Å². The summed E-state index contributed by atoms with van der Waals surface area (Å²) >= 11 is 3.40. The molecule has 1 unspecified atom stereocenters. The normalized spacial score (nSPS) is 20.0. The van der Waals surface area contributed by atoms with E-state index in [-0.39, 0.29) is 11.7 Å². The van der Waals surface area contributed by atoms with Gasteiger partial charge in [0.05, 0.1) is 5.92 Å². The predicted molar refractivity (Wildman–Crippen MR) is 74.5 cm³/mol. The van der Waals surface area contributed by atoms with Crippen molar-refractivity contribution in [2.45, 2.75) is 26.2 Å². The van der Waals surface area contributed by atoms with Crippen LogP contribution in [0.4, 0.5) is 5.69 Å². The zero-order valence-corrected chi connectivity index (χ0v) is 11.9. The maximum atomic E-state index is 12.3. The number of Topliss-reactive ketones (excluding diaryl/α,β-unsaturated/α-hetero) is 1. The molecule has 0 radical (unpaired) electrons. The molecule has 0 saturated carbocycles. The molecule has 96 valence electrons. The molecule has 0 spiro atoms. The van der Waals surface area contributed by atoms with Crippen molar-refractivity contribution in [1.29, 1.82) is 0 Å². The maximum absolute atomic E-state index is 12.3. The van der Waals surface area contributed by atoms with Gasteiger partial charge in [-0.15, -0.1) is 0 Å². The Balaban J connectivity index is 2.23. The summed E-state index contributed by atoms with van der Waals surface area (Å²) in [6.45, 7) is 2.51. The van der Waals surface area contributed by atoms with E-state index in [1.807, 2.05) is 31.2 Å². The summed E-state index contributed by atoms with van der Waals surface area (Å²) in [6.07, 6.45) is 2.01. The van der Waals surface area contributed by atoms with Gasteiger partial charge >= 0.3 is 0 Å². The van der Waals surface area contributed by atoms with Crippen molar-refractivity contribution < 1.29 is 9.59 Å². The number of amides is 1. The minimum atomic E-state index is -0.442. The largest absolute Gasteiger partial charge is 0.312 e. The Morgan fingerprint density at radius 1 is 1.50 bits per heavy atom. The third-order valence-corrected chi connectivity index (χ3v) is 3.79. The number of hydrogen-bond acceptors (Lipinski definition) is 2. The van der Waals surface area contributed by atoms with Crippen molar-refractivity contribution in [2.24, 2.45) is 5.92 Å². The van der Waals surface area contributed by atoms with Crippen LogP contribution in [0, 0.1) is 5.92 Å². The van der Waals surface area contributed by atoms with Gasteiger partial charge in [-0.05, 0) is 31.0 Å². The quantitative estimate of drug-likeness (QED) is 0.804. The Morgan fingerprint density at radius 3 is 2.94 bits per heavy atom. The van der Waals surface area contributed by atoms with Crippen LogP contribution in [0.2, 0.25) is 0 Å². The van der Waals surface area contributed by atoms with Crippen LogP contribution in [-0.2, 0) is 9.59 Å². The number of piperidine rings is 1. The highest BCUT2D eigenvalue weighted by Gasteiger charge is 2.33. The molecule has 0 bridgehead atoms. The van der Waals surface area contributed by atoms with Crippen LogP contribution in [0.3, 0.4) is 0 Å². The molecule has 1 aliphatic rings. The van der Waals surface area contributed by atoms with Gasteiger partial charge in [-0.25, -0.2) is 0 Å². The summed E-state index contributed by atoms with van der Waals surface area (Å²) in [5, 5.41) is 0. The molecule has 2 rings (SSSR count). The average Bonchev–Trinajstić information content (AvgIpc) is 2.38. The maximum Gasteiger partial charge on any atom is 0.237 e. The highest BCUT2D eigenvalue weighted by Crippen LogP contribution is 2.27. The topological polar surface area (TPSA) is 37.4 Å². The first-order valence-corrected chi connectivity index (χ1v) is 7.02. The van der Waals surface area contributed by atoms with Gasteiger partial charge in [0.15, 0.2) is 0 Å². The highest BCUT2D eigenvalue weighted by atomic mass is 79.9. The van der Waals surface area contributed by atoms with Crippen molar-refractivity contribution >= 4 is 33.3 Å². The van der Waals surface area contributed by atoms with Gasteiger partial charge in [0.2, 0.25) is 5.91 Å². The van der Waals surface area contributed by atoms with Crippen LogP contribution in [0.5, 0.6) is 0 Å². The first-order chi connectivity index (χ1) is 8.63. The standard InChI is InChI=1S/C14H16BrNO2/c1-2-13(17)12-7-4-8-16(14(12)18)11-6-3-5-10(15)9-11/h3,5-6,9,12H,2,4,7-8H2,1H3. The van der Waals surface area contributed by atoms with Crippen molar-refractivity contribution in [2.75, 3.05) is 11.4 Å². The van der Waals surface area contributed by atoms with Gasteiger partial charge in [0, 0.05) is 23.1 Å². The van der Waals surface area contributed by atoms with Crippen LogP contribution in [0.25, 0.3) is 0 Å². The summed E-state index contributed by atoms with van der Waals surface area (Å²) in [5.74, 6) is -0.436. The fourth-order valence-electron chi connectivity index (χ4n) is 2.32. The summed E-state index contributed by atoms with van der Waals surface area (Å²) in [6, 6.07) is 7.64. The van der Waals surface area contributed by atoms with Crippen molar-refractivity contribution in [3.05, 3.63) is 28.7 Å². The van der Waals surface area contributed by atoms with E-state index in [0.29, 0.717) is 19.4 Å². The third kappa shape index (κ3) is 2.64. The molecule has 1 aromatic carbocycles. The molecule has 3 nitrogen and oxygen atoms in total. The Labute approximate surface area is 115 Å². The number of halogens is 1. The van der Waals surface area contributed by atoms with E-state index in [9.17, 15) is 9.59 Å². The van der Waals surface area contributed by atoms with Gasteiger partial charge in [0.25, 0.3) is 0 Å². The minimum Gasteiger partial charge on any atom is -0.312 e. The number of nitrogens with zero attached hydrogens (tertiary/aromatic N) is 1. The lowest BCUT2D eigenvalue weighted by molar-refractivity contribution is -0.133. The number of ketones is 1. The average molecular weight is 310 g/mol. The van der Waals surface area contributed by atoms with Crippen LogP contribution >= 0.6 is 15.9 Å². The second-order valence-electron chi connectivity index (χ2n) is 4.48. The number of rotatable bonds is 3. The third-order valence-electron chi connectivity index (χ3n) is 3.30. The number of carbonyl (C=O) groups is 2. The molecule has 1 heterocycles. The van der Waals surface area contributed by atoms with E-state index < -0.39 is 5.92 Å². The zero-order chi connectivity index (χ0) is 13.1. The Kier molecular flexibility index (Phi) is 4.17. The van der Waals surface area contributed by atoms with Crippen LogP contribution < -0.4 is 4.90 Å². The Hall–Kier alpha value is -1.16. The predicted octanol–water partition coefficient (Wildman–Crippen LogP) is 3.17. The van der Waals surface area contributed by atoms with E-state index in [1.54, 1.807) is 4.90 Å². The number of anilines is 1. The van der Waals surface area contributed by atoms with E-state index in [0.717, 1.165) is 16.6 Å². The van der Waals surface area contributed by atoms with Gasteiger partial charge < -0.3 is 4.90 Å². The lowest BCUT2D eigenvalue weighted by Gasteiger charge is -2.31. The Morgan fingerprint density at radius 2 is 2.28 bits per heavy atom. The van der Waals surface area contributed by atoms with E-state index in [1.165, 1.54) is 0 Å². The molecule has 1 aliphatic heterocycles. The van der Waals surface area contributed by atoms with E-state index >= 15 is 0 Å².